The van der Waals surface area contributed by atoms with Crippen LogP contribution in [0.25, 0.3) is 0 Å². The van der Waals surface area contributed by atoms with Crippen LogP contribution in [0.2, 0.25) is 0 Å². The molecule has 3 rings (SSSR count). The molecular weight excluding hydrogens is 226 g/mol. The minimum atomic E-state index is -0.368. The molecule has 0 bridgehead atoms. The second-order valence-electron chi connectivity index (χ2n) is 4.40. The molecule has 0 aromatic carbocycles. The molecule has 16 heavy (non-hydrogen) atoms. The zero-order valence-electron chi connectivity index (χ0n) is 9.02. The first-order valence-corrected chi connectivity index (χ1v) is 6.76. The average Bonchev–Trinajstić information content (AvgIpc) is 2.77. The van der Waals surface area contributed by atoms with Crippen molar-refractivity contribution in [3.8, 4) is 0 Å². The molecule has 2 N–H and O–H groups in total. The van der Waals surface area contributed by atoms with Crippen molar-refractivity contribution in [2.24, 2.45) is 5.73 Å². The number of rotatable bonds is 2. The van der Waals surface area contributed by atoms with Gasteiger partial charge >= 0.3 is 0 Å². The summed E-state index contributed by atoms with van der Waals surface area (Å²) >= 11 is 1.86. The first-order chi connectivity index (χ1) is 7.78. The van der Waals surface area contributed by atoms with E-state index in [1.165, 1.54) is 0 Å². The van der Waals surface area contributed by atoms with Crippen molar-refractivity contribution < 1.29 is 9.26 Å². The van der Waals surface area contributed by atoms with Crippen molar-refractivity contribution in [2.45, 2.75) is 30.9 Å². The fourth-order valence-corrected chi connectivity index (χ4v) is 2.82. The minimum Gasteiger partial charge on any atom is -0.368 e. The summed E-state index contributed by atoms with van der Waals surface area (Å²) in [4.78, 5) is 4.39. The van der Waals surface area contributed by atoms with Crippen molar-refractivity contribution in [3.05, 3.63) is 11.7 Å². The SMILES string of the molecule is NC1(c2nc(C3CSCCO3)no2)CCC1. The maximum Gasteiger partial charge on any atom is 0.246 e. The van der Waals surface area contributed by atoms with Gasteiger partial charge in [0.2, 0.25) is 11.7 Å². The minimum absolute atomic E-state index is 0.0278. The topological polar surface area (TPSA) is 74.2 Å². The molecule has 2 fully saturated rings. The molecule has 1 aromatic rings. The van der Waals surface area contributed by atoms with E-state index in [0.29, 0.717) is 11.7 Å². The highest BCUT2D eigenvalue weighted by molar-refractivity contribution is 7.99. The Balaban J connectivity index is 1.76. The maximum atomic E-state index is 6.12. The lowest BCUT2D eigenvalue weighted by molar-refractivity contribution is 0.0676. The Labute approximate surface area is 98.1 Å². The van der Waals surface area contributed by atoms with Gasteiger partial charge in [0, 0.05) is 11.5 Å². The summed E-state index contributed by atoms with van der Waals surface area (Å²) in [5.74, 6) is 3.17. The van der Waals surface area contributed by atoms with Gasteiger partial charge in [-0.2, -0.15) is 16.7 Å². The Kier molecular flexibility index (Phi) is 2.65. The van der Waals surface area contributed by atoms with Crippen molar-refractivity contribution >= 4 is 11.8 Å². The van der Waals surface area contributed by atoms with Crippen molar-refractivity contribution in [2.75, 3.05) is 18.1 Å². The fourth-order valence-electron chi connectivity index (χ4n) is 1.98. The van der Waals surface area contributed by atoms with Gasteiger partial charge in [-0.15, -0.1) is 0 Å². The van der Waals surface area contributed by atoms with E-state index in [0.717, 1.165) is 37.4 Å². The summed E-state index contributed by atoms with van der Waals surface area (Å²) in [6.45, 7) is 0.757. The molecule has 6 heteroatoms. The molecule has 1 aliphatic heterocycles. The molecule has 1 unspecified atom stereocenters. The van der Waals surface area contributed by atoms with Gasteiger partial charge in [-0.3, -0.25) is 0 Å². The van der Waals surface area contributed by atoms with E-state index >= 15 is 0 Å². The summed E-state index contributed by atoms with van der Waals surface area (Å²) < 4.78 is 10.8. The number of ether oxygens (including phenoxy) is 1. The number of nitrogens with two attached hydrogens (primary N) is 1. The molecule has 1 aromatic heterocycles. The van der Waals surface area contributed by atoms with Gasteiger partial charge in [0.1, 0.15) is 6.10 Å². The fraction of sp³-hybridized carbons (Fsp3) is 0.800. The quantitative estimate of drug-likeness (QED) is 0.839. The Bertz CT molecular complexity index is 372. The molecule has 88 valence electrons. The lowest BCUT2D eigenvalue weighted by Gasteiger charge is -2.33. The van der Waals surface area contributed by atoms with E-state index in [2.05, 4.69) is 10.1 Å². The molecular formula is C10H15N3O2S. The Morgan fingerprint density at radius 1 is 1.44 bits per heavy atom. The summed E-state index contributed by atoms with van der Waals surface area (Å²) in [5.41, 5.74) is 5.76. The average molecular weight is 241 g/mol. The second kappa shape index (κ2) is 4.01. The second-order valence-corrected chi connectivity index (χ2v) is 5.55. The van der Waals surface area contributed by atoms with Crippen LogP contribution in [0.4, 0.5) is 0 Å². The van der Waals surface area contributed by atoms with E-state index in [9.17, 15) is 0 Å². The standard InChI is InChI=1S/C10H15N3O2S/c11-10(2-1-3-10)9-12-8(13-15-9)7-6-16-5-4-14-7/h7H,1-6,11H2. The normalized spacial score (nSPS) is 28.7. The molecule has 0 amide bonds. The van der Waals surface area contributed by atoms with Crippen molar-refractivity contribution in [1.82, 2.24) is 10.1 Å². The highest BCUT2D eigenvalue weighted by atomic mass is 32.2. The molecule has 1 aliphatic carbocycles. The van der Waals surface area contributed by atoms with E-state index in [4.69, 9.17) is 15.0 Å². The summed E-state index contributed by atoms with van der Waals surface area (Å²) in [6, 6.07) is 0. The van der Waals surface area contributed by atoms with Crippen LogP contribution in [0.15, 0.2) is 4.52 Å². The number of aromatic nitrogens is 2. The predicted octanol–water partition coefficient (Wildman–Crippen LogP) is 1.21. The predicted molar refractivity (Wildman–Crippen MR) is 60.0 cm³/mol. The van der Waals surface area contributed by atoms with E-state index in [1.54, 1.807) is 0 Å². The van der Waals surface area contributed by atoms with Gasteiger partial charge in [0.15, 0.2) is 0 Å². The van der Waals surface area contributed by atoms with Crippen LogP contribution in [0.3, 0.4) is 0 Å². The first-order valence-electron chi connectivity index (χ1n) is 5.60. The van der Waals surface area contributed by atoms with E-state index in [1.807, 2.05) is 11.8 Å². The third kappa shape index (κ3) is 1.74. The van der Waals surface area contributed by atoms with Gasteiger partial charge in [0.25, 0.3) is 0 Å². The van der Waals surface area contributed by atoms with Crippen molar-refractivity contribution in [3.63, 3.8) is 0 Å². The van der Waals surface area contributed by atoms with Gasteiger partial charge in [-0.25, -0.2) is 0 Å². The third-order valence-corrected chi connectivity index (χ3v) is 4.21. The number of hydrogen-bond acceptors (Lipinski definition) is 6. The monoisotopic (exact) mass is 241 g/mol. The first kappa shape index (κ1) is 10.6. The molecule has 1 saturated carbocycles. The van der Waals surface area contributed by atoms with Crippen LogP contribution in [0, 0.1) is 0 Å². The zero-order valence-corrected chi connectivity index (χ0v) is 9.83. The number of nitrogens with zero attached hydrogens (tertiary/aromatic N) is 2. The lowest BCUT2D eigenvalue weighted by atomic mass is 9.78. The van der Waals surface area contributed by atoms with Crippen LogP contribution in [0.1, 0.15) is 37.1 Å². The molecule has 2 heterocycles. The van der Waals surface area contributed by atoms with Crippen LogP contribution < -0.4 is 5.73 Å². The molecule has 2 aliphatic rings. The largest absolute Gasteiger partial charge is 0.368 e. The van der Waals surface area contributed by atoms with Gasteiger partial charge < -0.3 is 15.0 Å². The van der Waals surface area contributed by atoms with Crippen LogP contribution >= 0.6 is 11.8 Å². The zero-order chi connectivity index (χ0) is 11.0. The highest BCUT2D eigenvalue weighted by Gasteiger charge is 2.40. The van der Waals surface area contributed by atoms with E-state index in [-0.39, 0.29) is 11.6 Å². The van der Waals surface area contributed by atoms with Crippen LogP contribution in [-0.4, -0.2) is 28.3 Å². The summed E-state index contributed by atoms with van der Waals surface area (Å²) in [6.07, 6.45) is 2.99. The van der Waals surface area contributed by atoms with E-state index < -0.39 is 0 Å². The lowest BCUT2D eigenvalue weighted by Crippen LogP contribution is -2.43. The number of thioether (sulfide) groups is 1. The molecule has 0 spiro atoms. The van der Waals surface area contributed by atoms with Crippen molar-refractivity contribution in [1.29, 1.82) is 0 Å². The number of hydrogen-bond donors (Lipinski definition) is 1. The maximum absolute atomic E-state index is 6.12. The highest BCUT2D eigenvalue weighted by Crippen LogP contribution is 2.38. The van der Waals surface area contributed by atoms with Gasteiger partial charge in [0.05, 0.1) is 12.1 Å². The third-order valence-electron chi connectivity index (χ3n) is 3.22. The van der Waals surface area contributed by atoms with Crippen LogP contribution in [0.5, 0.6) is 0 Å². The Morgan fingerprint density at radius 2 is 2.31 bits per heavy atom. The van der Waals surface area contributed by atoms with Gasteiger partial charge in [-0.05, 0) is 19.3 Å². The Hall–Kier alpha value is -0.590. The Morgan fingerprint density at radius 3 is 2.94 bits per heavy atom. The smallest absolute Gasteiger partial charge is 0.246 e. The van der Waals surface area contributed by atoms with Crippen LogP contribution in [-0.2, 0) is 10.3 Å². The summed E-state index contributed by atoms with van der Waals surface area (Å²) in [5, 5.41) is 3.98. The molecule has 5 nitrogen and oxygen atoms in total. The summed E-state index contributed by atoms with van der Waals surface area (Å²) in [7, 11) is 0. The van der Waals surface area contributed by atoms with Gasteiger partial charge in [-0.1, -0.05) is 5.16 Å². The molecule has 0 radical (unpaired) electrons. The molecule has 1 atom stereocenters. The molecule has 1 saturated heterocycles.